The molecule has 0 spiro atoms. The summed E-state index contributed by atoms with van der Waals surface area (Å²) in [5, 5.41) is 1.43. The third kappa shape index (κ3) is 4.29. The molecule has 4 rings (SSSR count). The van der Waals surface area contributed by atoms with Gasteiger partial charge in [-0.25, -0.2) is 13.2 Å². The Morgan fingerprint density at radius 1 is 0.967 bits per heavy atom. The van der Waals surface area contributed by atoms with Crippen molar-refractivity contribution < 1.29 is 17.9 Å². The molecule has 1 saturated heterocycles. The third-order valence-corrected chi connectivity index (χ3v) is 7.13. The molecule has 0 radical (unpaired) electrons. The highest BCUT2D eigenvalue weighted by molar-refractivity contribution is 7.89. The Morgan fingerprint density at radius 3 is 2.63 bits per heavy atom. The summed E-state index contributed by atoms with van der Waals surface area (Å²) >= 11 is 0. The van der Waals surface area contributed by atoms with Crippen molar-refractivity contribution in [3.63, 3.8) is 0 Å². The number of fused-ring (bicyclic) bond motifs is 1. The summed E-state index contributed by atoms with van der Waals surface area (Å²) in [4.78, 5) is 18.4. The largest absolute Gasteiger partial charge is 0.445 e. The van der Waals surface area contributed by atoms with E-state index in [2.05, 4.69) is 4.98 Å². The molecule has 0 bridgehead atoms. The molecule has 1 amide bonds. The number of aromatic nitrogens is 1. The first-order valence-corrected chi connectivity index (χ1v) is 11.3. The van der Waals surface area contributed by atoms with E-state index in [4.69, 9.17) is 4.74 Å². The van der Waals surface area contributed by atoms with Gasteiger partial charge in [-0.2, -0.15) is 4.31 Å². The zero-order valence-electron chi connectivity index (χ0n) is 16.5. The molecule has 1 aliphatic rings. The number of amides is 1. The zero-order valence-corrected chi connectivity index (χ0v) is 17.3. The van der Waals surface area contributed by atoms with E-state index < -0.39 is 16.1 Å². The molecule has 0 aliphatic carbocycles. The van der Waals surface area contributed by atoms with Gasteiger partial charge in [0, 0.05) is 49.3 Å². The molecule has 0 saturated carbocycles. The van der Waals surface area contributed by atoms with Crippen LogP contribution in [0.4, 0.5) is 4.79 Å². The van der Waals surface area contributed by atoms with Crippen molar-refractivity contribution in [1.82, 2.24) is 14.2 Å². The minimum absolute atomic E-state index is 0.197. The van der Waals surface area contributed by atoms with Gasteiger partial charge in [0.25, 0.3) is 0 Å². The summed E-state index contributed by atoms with van der Waals surface area (Å²) in [6.07, 6.45) is 3.37. The van der Waals surface area contributed by atoms with E-state index in [1.54, 1.807) is 35.5 Å². The maximum atomic E-state index is 13.3. The number of carbonyl (C=O) groups excluding carboxylic acids is 1. The van der Waals surface area contributed by atoms with E-state index in [-0.39, 0.29) is 18.0 Å². The Balaban J connectivity index is 1.45. The van der Waals surface area contributed by atoms with Crippen LogP contribution in [0.15, 0.2) is 71.9 Å². The maximum Gasteiger partial charge on any atom is 0.410 e. The predicted molar refractivity (Wildman–Crippen MR) is 113 cm³/mol. The molecule has 7 nitrogen and oxygen atoms in total. The lowest BCUT2D eigenvalue weighted by Gasteiger charge is -2.22. The zero-order chi connectivity index (χ0) is 21.0. The molecule has 0 unspecified atom stereocenters. The highest BCUT2D eigenvalue weighted by Gasteiger charge is 2.29. The standard InChI is InChI=1S/C22H23N3O4S/c26-22(29-17-18-6-2-1-3-7-18)24-12-5-13-25(15-14-24)30(27,28)21-9-4-8-19-16-23-11-10-20(19)21/h1-4,6-11,16H,5,12-15,17H2. The van der Waals surface area contributed by atoms with E-state index in [1.165, 1.54) is 4.31 Å². The first-order chi connectivity index (χ1) is 14.6. The van der Waals surface area contributed by atoms with Crippen LogP contribution in [0.3, 0.4) is 0 Å². The molecule has 30 heavy (non-hydrogen) atoms. The van der Waals surface area contributed by atoms with Gasteiger partial charge in [0.05, 0.1) is 4.90 Å². The van der Waals surface area contributed by atoms with Crippen LogP contribution in [0.5, 0.6) is 0 Å². The van der Waals surface area contributed by atoms with Crippen LogP contribution in [0, 0.1) is 0 Å². The van der Waals surface area contributed by atoms with E-state index >= 15 is 0 Å². The van der Waals surface area contributed by atoms with Crippen molar-refractivity contribution in [2.75, 3.05) is 26.2 Å². The highest BCUT2D eigenvalue weighted by Crippen LogP contribution is 2.26. The van der Waals surface area contributed by atoms with Gasteiger partial charge < -0.3 is 9.64 Å². The first-order valence-electron chi connectivity index (χ1n) is 9.84. The molecule has 1 aromatic heterocycles. The monoisotopic (exact) mass is 425 g/mol. The van der Waals surface area contributed by atoms with Gasteiger partial charge >= 0.3 is 6.09 Å². The highest BCUT2D eigenvalue weighted by atomic mass is 32.2. The van der Waals surface area contributed by atoms with Crippen molar-refractivity contribution in [2.24, 2.45) is 0 Å². The normalized spacial score (nSPS) is 15.7. The molecule has 2 aromatic carbocycles. The topological polar surface area (TPSA) is 79.8 Å². The minimum Gasteiger partial charge on any atom is -0.445 e. The average molecular weight is 426 g/mol. The number of hydrogen-bond donors (Lipinski definition) is 0. The number of pyridine rings is 1. The average Bonchev–Trinajstić information content (AvgIpc) is 3.05. The Kier molecular flexibility index (Phi) is 5.96. The minimum atomic E-state index is -3.69. The van der Waals surface area contributed by atoms with Crippen molar-refractivity contribution >= 4 is 26.9 Å². The molecule has 8 heteroatoms. The van der Waals surface area contributed by atoms with Gasteiger partial charge in [-0.15, -0.1) is 0 Å². The van der Waals surface area contributed by atoms with Crippen molar-refractivity contribution in [3.05, 3.63) is 72.6 Å². The smallest absolute Gasteiger partial charge is 0.410 e. The van der Waals surface area contributed by atoms with Crippen molar-refractivity contribution in [3.8, 4) is 0 Å². The second-order valence-corrected chi connectivity index (χ2v) is 9.04. The number of rotatable bonds is 4. The van der Waals surface area contributed by atoms with Crippen LogP contribution in [-0.2, 0) is 21.4 Å². The molecular weight excluding hydrogens is 402 g/mol. The van der Waals surface area contributed by atoms with Crippen molar-refractivity contribution in [2.45, 2.75) is 17.9 Å². The molecule has 0 atom stereocenters. The molecule has 2 heterocycles. The van der Waals surface area contributed by atoms with Gasteiger partial charge in [-0.05, 0) is 24.1 Å². The Bertz CT molecular complexity index is 1130. The van der Waals surface area contributed by atoms with E-state index in [1.807, 2.05) is 36.4 Å². The van der Waals surface area contributed by atoms with Crippen LogP contribution in [0.2, 0.25) is 0 Å². The molecule has 1 aliphatic heterocycles. The third-order valence-electron chi connectivity index (χ3n) is 5.18. The summed E-state index contributed by atoms with van der Waals surface area (Å²) in [6, 6.07) is 16.4. The van der Waals surface area contributed by atoms with E-state index in [0.717, 1.165) is 10.9 Å². The molecule has 1 fully saturated rings. The second kappa shape index (κ2) is 8.81. The number of ether oxygens (including phenoxy) is 1. The SMILES string of the molecule is O=C(OCc1ccccc1)N1CCCN(S(=O)(=O)c2cccc3cnccc23)CC1. The van der Waals surface area contributed by atoms with Crippen LogP contribution in [-0.4, -0.2) is 54.9 Å². The van der Waals surface area contributed by atoms with E-state index in [0.29, 0.717) is 31.4 Å². The number of sulfonamides is 1. The lowest BCUT2D eigenvalue weighted by atomic mass is 10.2. The van der Waals surface area contributed by atoms with Crippen molar-refractivity contribution in [1.29, 1.82) is 0 Å². The Hall–Kier alpha value is -2.97. The second-order valence-electron chi connectivity index (χ2n) is 7.14. The molecule has 0 N–H and O–H groups in total. The fourth-order valence-corrected chi connectivity index (χ4v) is 5.27. The Morgan fingerprint density at radius 2 is 1.80 bits per heavy atom. The van der Waals surface area contributed by atoms with Crippen LogP contribution < -0.4 is 0 Å². The van der Waals surface area contributed by atoms with Crippen LogP contribution >= 0.6 is 0 Å². The van der Waals surface area contributed by atoms with Gasteiger partial charge in [0.2, 0.25) is 10.0 Å². The number of benzene rings is 2. The fraction of sp³-hybridized carbons (Fsp3) is 0.273. The summed E-state index contributed by atoms with van der Waals surface area (Å²) in [7, 11) is -3.69. The number of carbonyl (C=O) groups is 1. The number of nitrogens with zero attached hydrogens (tertiary/aromatic N) is 3. The summed E-state index contributed by atoms with van der Waals surface area (Å²) in [5.74, 6) is 0. The summed E-state index contributed by atoms with van der Waals surface area (Å²) < 4.78 is 33.5. The molecule has 156 valence electrons. The fourth-order valence-electron chi connectivity index (χ4n) is 3.58. The van der Waals surface area contributed by atoms with E-state index in [9.17, 15) is 13.2 Å². The van der Waals surface area contributed by atoms with Gasteiger partial charge in [0.1, 0.15) is 6.61 Å². The lowest BCUT2D eigenvalue weighted by Crippen LogP contribution is -2.37. The van der Waals surface area contributed by atoms with Gasteiger partial charge in [-0.1, -0.05) is 42.5 Å². The quantitative estimate of drug-likeness (QED) is 0.641. The molecular formula is C22H23N3O4S. The lowest BCUT2D eigenvalue weighted by molar-refractivity contribution is 0.0980. The summed E-state index contributed by atoms with van der Waals surface area (Å²) in [6.45, 7) is 1.52. The molecule has 3 aromatic rings. The number of hydrogen-bond acceptors (Lipinski definition) is 5. The first kappa shape index (κ1) is 20.3. The van der Waals surface area contributed by atoms with Crippen LogP contribution in [0.25, 0.3) is 10.8 Å². The van der Waals surface area contributed by atoms with Gasteiger partial charge in [0.15, 0.2) is 0 Å². The Labute approximate surface area is 175 Å². The van der Waals surface area contributed by atoms with Gasteiger partial charge in [-0.3, -0.25) is 4.98 Å². The summed E-state index contributed by atoms with van der Waals surface area (Å²) in [5.41, 5.74) is 0.912. The maximum absolute atomic E-state index is 13.3. The van der Waals surface area contributed by atoms with Crippen LogP contribution in [0.1, 0.15) is 12.0 Å². The predicted octanol–water partition coefficient (Wildman–Crippen LogP) is 3.27.